The van der Waals surface area contributed by atoms with Gasteiger partial charge in [-0.1, -0.05) is 60.7 Å². The minimum absolute atomic E-state index is 0.00719. The third-order valence-electron chi connectivity index (χ3n) is 4.24. The van der Waals surface area contributed by atoms with E-state index >= 15 is 0 Å². The molecule has 7 nitrogen and oxygen atoms in total. The van der Waals surface area contributed by atoms with Crippen LogP contribution in [0.25, 0.3) is 0 Å². The molecule has 3 N–H and O–H groups in total. The fourth-order valence-electron chi connectivity index (χ4n) is 2.79. The second-order valence-corrected chi connectivity index (χ2v) is 6.63. The first-order valence-electron chi connectivity index (χ1n) is 9.11. The van der Waals surface area contributed by atoms with Crippen LogP contribution in [0.1, 0.15) is 27.2 Å². The van der Waals surface area contributed by atoms with E-state index in [9.17, 15) is 4.79 Å². The van der Waals surface area contributed by atoms with Crippen LogP contribution in [-0.4, -0.2) is 34.4 Å². The van der Waals surface area contributed by atoms with E-state index in [-0.39, 0.29) is 29.1 Å². The van der Waals surface area contributed by atoms with Crippen LogP contribution in [0.2, 0.25) is 0 Å². The number of thiocarbonyl (C=S) groups is 1. The smallest absolute Gasteiger partial charge is 0.254 e. The Labute approximate surface area is 173 Å². The van der Waals surface area contributed by atoms with Crippen molar-refractivity contribution in [2.75, 3.05) is 13.2 Å². The van der Waals surface area contributed by atoms with Crippen molar-refractivity contribution < 1.29 is 19.3 Å². The molecule has 0 saturated carbocycles. The van der Waals surface area contributed by atoms with E-state index in [2.05, 4.69) is 22.6 Å². The minimum atomic E-state index is -0.149. The lowest BCUT2D eigenvalue weighted by atomic mass is 9.99. The van der Waals surface area contributed by atoms with E-state index < -0.39 is 0 Å². The lowest BCUT2D eigenvalue weighted by Gasteiger charge is -2.10. The number of ether oxygens (including phenoxy) is 1. The fourth-order valence-corrected chi connectivity index (χ4v) is 2.88. The number of nitrogens with zero attached hydrogens (tertiary/aromatic N) is 1. The molecular weight excluding hydrogens is 390 g/mol. The summed E-state index contributed by atoms with van der Waals surface area (Å²) < 4.78 is 10.3. The van der Waals surface area contributed by atoms with E-state index in [0.717, 1.165) is 18.4 Å². The molecule has 8 heteroatoms. The Hall–Kier alpha value is -3.23. The molecular formula is C21H21N3O4S. The normalized spacial score (nSPS) is 10.4. The van der Waals surface area contributed by atoms with Gasteiger partial charge in [0.1, 0.15) is 6.61 Å². The van der Waals surface area contributed by atoms with Crippen molar-refractivity contribution >= 4 is 23.1 Å². The number of amides is 1. The topological polar surface area (TPSA) is 96.6 Å². The Kier molecular flexibility index (Phi) is 7.32. The largest absolute Gasteiger partial charge is 0.474 e. The molecule has 0 aliphatic carbocycles. The SMILES string of the molecule is O=C(NCCOc1cc(C(=S)NO)on1)c1ccccc1CCc1ccccc1. The molecule has 0 bridgehead atoms. The molecule has 3 aromatic rings. The zero-order valence-electron chi connectivity index (χ0n) is 15.6. The fraction of sp³-hybridized carbons (Fsp3) is 0.190. The van der Waals surface area contributed by atoms with Gasteiger partial charge in [-0.25, -0.2) is 0 Å². The molecule has 29 heavy (non-hydrogen) atoms. The van der Waals surface area contributed by atoms with Crippen LogP contribution in [0, 0.1) is 0 Å². The summed E-state index contributed by atoms with van der Waals surface area (Å²) >= 11 is 4.82. The van der Waals surface area contributed by atoms with Gasteiger partial charge < -0.3 is 14.6 Å². The van der Waals surface area contributed by atoms with Gasteiger partial charge in [0.2, 0.25) is 0 Å². The van der Waals surface area contributed by atoms with Gasteiger partial charge in [-0.05, 0) is 35.2 Å². The zero-order valence-corrected chi connectivity index (χ0v) is 16.4. The van der Waals surface area contributed by atoms with Gasteiger partial charge in [-0.15, -0.1) is 0 Å². The highest BCUT2D eigenvalue weighted by molar-refractivity contribution is 7.80. The molecule has 2 aromatic carbocycles. The molecule has 0 saturated heterocycles. The van der Waals surface area contributed by atoms with Crippen LogP contribution < -0.4 is 15.5 Å². The number of aryl methyl sites for hydroxylation is 2. The number of hydrogen-bond acceptors (Lipinski definition) is 6. The van der Waals surface area contributed by atoms with Crippen molar-refractivity contribution in [3.8, 4) is 5.88 Å². The monoisotopic (exact) mass is 411 g/mol. The maximum atomic E-state index is 12.6. The van der Waals surface area contributed by atoms with E-state index in [1.165, 1.54) is 11.6 Å². The molecule has 0 atom stereocenters. The van der Waals surface area contributed by atoms with Crippen LogP contribution in [-0.2, 0) is 12.8 Å². The second kappa shape index (κ2) is 10.4. The van der Waals surface area contributed by atoms with Gasteiger partial charge in [0.25, 0.3) is 11.8 Å². The number of hydroxylamine groups is 1. The van der Waals surface area contributed by atoms with Gasteiger partial charge >= 0.3 is 0 Å². The highest BCUT2D eigenvalue weighted by Gasteiger charge is 2.12. The molecule has 3 rings (SSSR count). The van der Waals surface area contributed by atoms with Crippen LogP contribution in [0.15, 0.2) is 65.2 Å². The highest BCUT2D eigenvalue weighted by Crippen LogP contribution is 2.13. The highest BCUT2D eigenvalue weighted by atomic mass is 32.1. The maximum absolute atomic E-state index is 12.6. The number of aromatic nitrogens is 1. The molecule has 1 amide bonds. The number of carbonyl (C=O) groups is 1. The van der Waals surface area contributed by atoms with Crippen molar-refractivity contribution in [1.29, 1.82) is 0 Å². The van der Waals surface area contributed by atoms with Crippen molar-refractivity contribution in [3.63, 3.8) is 0 Å². The van der Waals surface area contributed by atoms with Crippen LogP contribution in [0.4, 0.5) is 0 Å². The van der Waals surface area contributed by atoms with Crippen LogP contribution in [0.5, 0.6) is 5.88 Å². The zero-order chi connectivity index (χ0) is 20.5. The summed E-state index contributed by atoms with van der Waals surface area (Å²) in [5.74, 6) is 0.257. The van der Waals surface area contributed by atoms with Crippen molar-refractivity contribution in [2.24, 2.45) is 0 Å². The van der Waals surface area contributed by atoms with Gasteiger partial charge in [-0.2, -0.15) is 0 Å². The quantitative estimate of drug-likeness (QED) is 0.283. The molecule has 1 heterocycles. The van der Waals surface area contributed by atoms with Gasteiger partial charge in [-0.3, -0.25) is 15.5 Å². The first-order chi connectivity index (χ1) is 14.2. The number of rotatable bonds is 9. The molecule has 1 aromatic heterocycles. The van der Waals surface area contributed by atoms with Crippen molar-refractivity contribution in [1.82, 2.24) is 16.0 Å². The third-order valence-corrected chi connectivity index (χ3v) is 4.53. The van der Waals surface area contributed by atoms with Gasteiger partial charge in [0, 0.05) is 5.56 Å². The Balaban J connectivity index is 1.49. The van der Waals surface area contributed by atoms with Gasteiger partial charge in [0.05, 0.1) is 12.6 Å². The number of hydrogen-bond donors (Lipinski definition) is 3. The summed E-state index contributed by atoms with van der Waals surface area (Å²) in [5.41, 5.74) is 4.70. The second-order valence-electron chi connectivity index (χ2n) is 6.22. The Morgan fingerprint density at radius 2 is 1.86 bits per heavy atom. The lowest BCUT2D eigenvalue weighted by Crippen LogP contribution is -2.29. The van der Waals surface area contributed by atoms with E-state index in [4.69, 9.17) is 26.7 Å². The molecule has 0 aliphatic heterocycles. The van der Waals surface area contributed by atoms with E-state index in [0.29, 0.717) is 12.1 Å². The molecule has 0 unspecified atom stereocenters. The summed E-state index contributed by atoms with van der Waals surface area (Å²) in [6, 6.07) is 19.2. The van der Waals surface area contributed by atoms with E-state index in [1.807, 2.05) is 42.5 Å². The van der Waals surface area contributed by atoms with Gasteiger partial charge in [0.15, 0.2) is 10.7 Å². The number of benzene rings is 2. The summed E-state index contributed by atoms with van der Waals surface area (Å²) in [7, 11) is 0. The summed E-state index contributed by atoms with van der Waals surface area (Å²) in [6.07, 6.45) is 1.65. The predicted octanol–water partition coefficient (Wildman–Crippen LogP) is 2.92. The van der Waals surface area contributed by atoms with Crippen molar-refractivity contribution in [2.45, 2.75) is 12.8 Å². The van der Waals surface area contributed by atoms with Crippen LogP contribution >= 0.6 is 12.2 Å². The average molecular weight is 411 g/mol. The van der Waals surface area contributed by atoms with E-state index in [1.54, 1.807) is 5.48 Å². The summed E-state index contributed by atoms with van der Waals surface area (Å²) in [4.78, 5) is 12.6. The summed E-state index contributed by atoms with van der Waals surface area (Å²) in [5, 5.41) is 15.3. The third kappa shape index (κ3) is 5.87. The molecule has 0 radical (unpaired) electrons. The molecule has 150 valence electrons. The Morgan fingerprint density at radius 1 is 1.10 bits per heavy atom. The summed E-state index contributed by atoms with van der Waals surface area (Å²) in [6.45, 7) is 0.514. The number of nitrogens with one attached hydrogen (secondary N) is 2. The molecule has 0 aliphatic rings. The average Bonchev–Trinajstić information content (AvgIpc) is 3.24. The molecule has 0 spiro atoms. The standard InChI is InChI=1S/C21H21N3O4S/c25-20(22-12-13-27-19-14-18(28-24-19)21(29)23-26)17-9-5-4-8-16(17)11-10-15-6-2-1-3-7-15/h1-9,14,26H,10-13H2,(H,22,25)(H,23,29). The predicted molar refractivity (Wildman–Crippen MR) is 111 cm³/mol. The maximum Gasteiger partial charge on any atom is 0.254 e. The minimum Gasteiger partial charge on any atom is -0.474 e. The lowest BCUT2D eigenvalue weighted by molar-refractivity contribution is 0.0945. The molecule has 0 fully saturated rings. The van der Waals surface area contributed by atoms with Crippen LogP contribution in [0.3, 0.4) is 0 Å². The Morgan fingerprint density at radius 3 is 2.66 bits per heavy atom. The Bertz CT molecular complexity index is 959. The first kappa shape index (κ1) is 20.5. The first-order valence-corrected chi connectivity index (χ1v) is 9.52. The number of carbonyl (C=O) groups excluding carboxylic acids is 1. The van der Waals surface area contributed by atoms with Crippen molar-refractivity contribution in [3.05, 3.63) is 83.1 Å².